The van der Waals surface area contributed by atoms with E-state index in [-0.39, 0.29) is 29.0 Å². The minimum Gasteiger partial charge on any atom is -0.465 e. The summed E-state index contributed by atoms with van der Waals surface area (Å²) in [6.45, 7) is 5.95. The fourth-order valence-corrected chi connectivity index (χ4v) is 8.17. The topological polar surface area (TPSA) is 110 Å². The number of halogens is 2. The number of nitrogen functional groups attached to an aromatic ring is 1. The molecule has 0 bridgehead atoms. The van der Waals surface area contributed by atoms with E-state index in [4.69, 9.17) is 43.1 Å². The number of esters is 1. The molecule has 3 aliphatic rings. The number of nitrogens with two attached hydrogens (primary N) is 1. The van der Waals surface area contributed by atoms with Gasteiger partial charge < -0.3 is 29.7 Å². The molecule has 0 saturated carbocycles. The Morgan fingerprint density at radius 1 is 0.889 bits per heavy atom. The van der Waals surface area contributed by atoms with E-state index in [9.17, 15) is 9.59 Å². The molecule has 0 atom stereocenters. The molecule has 1 aromatic heterocycles. The van der Waals surface area contributed by atoms with Gasteiger partial charge in [0.25, 0.3) is 0 Å². The second kappa shape index (κ2) is 16.7. The Morgan fingerprint density at radius 3 is 2.33 bits per heavy atom. The molecule has 1 amide bonds. The van der Waals surface area contributed by atoms with Crippen LogP contribution in [0.4, 0.5) is 16.3 Å². The molecule has 54 heavy (non-hydrogen) atoms. The molecule has 0 radical (unpaired) electrons. The molecular weight excluding hydrogens is 725 g/mol. The molecule has 4 aromatic rings. The van der Waals surface area contributed by atoms with Gasteiger partial charge in [-0.15, -0.1) is 0 Å². The number of anilines is 2. The Hall–Kier alpha value is -4.77. The largest absolute Gasteiger partial charge is 0.465 e. The van der Waals surface area contributed by atoms with Gasteiger partial charge in [0.05, 0.1) is 18.3 Å². The van der Waals surface area contributed by atoms with Crippen molar-refractivity contribution in [3.8, 4) is 11.5 Å². The summed E-state index contributed by atoms with van der Waals surface area (Å²) in [5.41, 5.74) is 12.3. The third-order valence-electron chi connectivity index (χ3n) is 11.0. The highest BCUT2D eigenvalue weighted by atomic mass is 35.5. The minimum absolute atomic E-state index is 0.158. The molecule has 3 aromatic carbocycles. The quantitative estimate of drug-likeness (QED) is 0.167. The van der Waals surface area contributed by atoms with Crippen LogP contribution in [0.25, 0.3) is 5.57 Å². The van der Waals surface area contributed by atoms with Crippen molar-refractivity contribution in [3.05, 3.63) is 117 Å². The Morgan fingerprint density at radius 2 is 1.63 bits per heavy atom. The average molecular weight is 771 g/mol. The van der Waals surface area contributed by atoms with E-state index in [0.29, 0.717) is 30.2 Å². The van der Waals surface area contributed by atoms with E-state index in [1.165, 1.54) is 30.0 Å². The zero-order chi connectivity index (χ0) is 37.7. The first-order valence-electron chi connectivity index (χ1n) is 18.4. The lowest BCUT2D eigenvalue weighted by molar-refractivity contribution is 0.0560. The number of rotatable bonds is 9. The van der Waals surface area contributed by atoms with Crippen LogP contribution in [-0.2, 0) is 16.1 Å². The number of carbonyl (C=O) groups is 2. The maximum absolute atomic E-state index is 13.0. The Bertz CT molecular complexity index is 1990. The number of piperazine rings is 1. The Labute approximate surface area is 326 Å². The predicted molar refractivity (Wildman–Crippen MR) is 212 cm³/mol. The molecule has 2 N–H and O–H groups in total. The van der Waals surface area contributed by atoms with Crippen LogP contribution < -0.4 is 15.4 Å². The van der Waals surface area contributed by atoms with Crippen LogP contribution in [0.1, 0.15) is 53.6 Å². The molecule has 1 spiro atoms. The van der Waals surface area contributed by atoms with E-state index < -0.39 is 5.97 Å². The SMILES string of the molecule is COC(=O)c1ccc(N2CCN(CC3=C(c4ccc(Cl)cc4)CCC4(CCN(C(=O)OCc5ccccc5)CC4)C3)CC2)cc1Oc1cnc(N)c(Cl)c1. The van der Waals surface area contributed by atoms with Crippen molar-refractivity contribution in [2.75, 3.05) is 63.6 Å². The average Bonchev–Trinajstić information content (AvgIpc) is 3.19. The van der Waals surface area contributed by atoms with Crippen LogP contribution >= 0.6 is 23.2 Å². The van der Waals surface area contributed by atoms with Crippen LogP contribution in [-0.4, -0.2) is 79.8 Å². The number of hydrogen-bond acceptors (Lipinski definition) is 9. The highest BCUT2D eigenvalue weighted by Crippen LogP contribution is 2.49. The summed E-state index contributed by atoms with van der Waals surface area (Å²) in [4.78, 5) is 36.4. The zero-order valence-electron chi connectivity index (χ0n) is 30.4. The maximum atomic E-state index is 13.0. The van der Waals surface area contributed by atoms with Gasteiger partial charge >= 0.3 is 12.1 Å². The van der Waals surface area contributed by atoms with Crippen molar-refractivity contribution in [3.63, 3.8) is 0 Å². The number of benzene rings is 3. The maximum Gasteiger partial charge on any atom is 0.410 e. The lowest BCUT2D eigenvalue weighted by Gasteiger charge is -2.46. The number of methoxy groups -OCH3 is 1. The van der Waals surface area contributed by atoms with Crippen molar-refractivity contribution >= 4 is 52.3 Å². The summed E-state index contributed by atoms with van der Waals surface area (Å²) in [7, 11) is 1.34. The van der Waals surface area contributed by atoms with Gasteiger partial charge in [-0.1, -0.05) is 71.2 Å². The van der Waals surface area contributed by atoms with Crippen molar-refractivity contribution in [2.45, 2.75) is 38.7 Å². The van der Waals surface area contributed by atoms with E-state index in [1.54, 1.807) is 12.1 Å². The van der Waals surface area contributed by atoms with Gasteiger partial charge in [0.15, 0.2) is 0 Å². The number of ether oxygens (including phenoxy) is 3. The molecule has 0 unspecified atom stereocenters. The van der Waals surface area contributed by atoms with Gasteiger partial charge in [-0.3, -0.25) is 4.90 Å². The predicted octanol–water partition coefficient (Wildman–Crippen LogP) is 8.73. The third-order valence-corrected chi connectivity index (χ3v) is 11.6. The van der Waals surface area contributed by atoms with Crippen LogP contribution in [0.5, 0.6) is 11.5 Å². The molecule has 2 fully saturated rings. The fourth-order valence-electron chi connectivity index (χ4n) is 7.89. The summed E-state index contributed by atoms with van der Waals surface area (Å²) < 4.78 is 16.8. The van der Waals surface area contributed by atoms with E-state index in [1.807, 2.05) is 59.5 Å². The number of hydrogen-bond donors (Lipinski definition) is 1. The van der Waals surface area contributed by atoms with Crippen LogP contribution in [0.15, 0.2) is 90.6 Å². The normalized spacial score (nSPS) is 17.4. The van der Waals surface area contributed by atoms with Crippen LogP contribution in [0.2, 0.25) is 10.0 Å². The Kier molecular flexibility index (Phi) is 11.6. The molecule has 2 aliphatic heterocycles. The van der Waals surface area contributed by atoms with Gasteiger partial charge in [-0.25, -0.2) is 14.6 Å². The highest BCUT2D eigenvalue weighted by Gasteiger charge is 2.40. The molecule has 7 rings (SSSR count). The first kappa shape index (κ1) is 37.5. The second-order valence-corrected chi connectivity index (χ2v) is 15.2. The van der Waals surface area contributed by atoms with E-state index >= 15 is 0 Å². The van der Waals surface area contributed by atoms with E-state index in [2.05, 4.69) is 26.9 Å². The number of amides is 1. The molecule has 2 saturated heterocycles. The van der Waals surface area contributed by atoms with Gasteiger partial charge in [0.1, 0.15) is 29.5 Å². The summed E-state index contributed by atoms with van der Waals surface area (Å²) in [5, 5.41) is 1.00. The molecular formula is C42H45Cl2N5O5. The number of likely N-dealkylation sites (tertiary alicyclic amines) is 1. The van der Waals surface area contributed by atoms with Crippen molar-refractivity contribution < 1.29 is 23.8 Å². The number of nitrogens with zero attached hydrogens (tertiary/aromatic N) is 4. The molecule has 12 heteroatoms. The van der Waals surface area contributed by atoms with Gasteiger partial charge in [0.2, 0.25) is 0 Å². The lowest BCUT2D eigenvalue weighted by atomic mass is 9.65. The second-order valence-electron chi connectivity index (χ2n) is 14.4. The number of allylic oxidation sites excluding steroid dienone is 1. The first-order valence-corrected chi connectivity index (χ1v) is 19.2. The van der Waals surface area contributed by atoms with Crippen molar-refractivity contribution in [2.24, 2.45) is 5.41 Å². The standard InChI is InChI=1S/C42H45Cl2N5O5/c1-52-40(50)36-12-11-33(23-38(36)54-34-24-37(44)39(45)46-26-34)48-21-19-47(20-22-48)27-31-25-42(14-13-35(31)30-7-9-32(43)10-8-30)15-17-49(18-16-42)41(51)53-28-29-5-3-2-4-6-29/h2-12,23-24,26H,13-22,25,27-28H2,1H3,(H2,45,46). The first-order chi connectivity index (χ1) is 26.2. The van der Waals surface area contributed by atoms with Crippen LogP contribution in [0, 0.1) is 5.41 Å². The molecule has 10 nitrogen and oxygen atoms in total. The lowest BCUT2D eigenvalue weighted by Crippen LogP contribution is -2.48. The van der Waals surface area contributed by atoms with Crippen LogP contribution in [0.3, 0.4) is 0 Å². The monoisotopic (exact) mass is 769 g/mol. The van der Waals surface area contributed by atoms with Gasteiger partial charge in [0, 0.05) is 68.7 Å². The van der Waals surface area contributed by atoms with Gasteiger partial charge in [-0.2, -0.15) is 0 Å². The van der Waals surface area contributed by atoms with E-state index in [0.717, 1.165) is 81.1 Å². The van der Waals surface area contributed by atoms with Crippen molar-refractivity contribution in [1.29, 1.82) is 0 Å². The highest BCUT2D eigenvalue weighted by molar-refractivity contribution is 6.32. The molecule has 1 aliphatic carbocycles. The number of aromatic nitrogens is 1. The smallest absolute Gasteiger partial charge is 0.410 e. The molecule has 3 heterocycles. The number of carbonyl (C=O) groups excluding carboxylic acids is 2. The number of piperidine rings is 1. The third kappa shape index (κ3) is 8.78. The summed E-state index contributed by atoms with van der Waals surface area (Å²) in [6.07, 6.45) is 6.27. The van der Waals surface area contributed by atoms with Crippen molar-refractivity contribution in [1.82, 2.24) is 14.8 Å². The summed E-state index contributed by atoms with van der Waals surface area (Å²) >= 11 is 12.5. The summed E-state index contributed by atoms with van der Waals surface area (Å²) in [6, 6.07) is 25.2. The summed E-state index contributed by atoms with van der Waals surface area (Å²) in [5.74, 6) is 0.417. The Balaban J connectivity index is 1.02. The minimum atomic E-state index is -0.500. The fraction of sp³-hybridized carbons (Fsp3) is 0.357. The zero-order valence-corrected chi connectivity index (χ0v) is 32.0. The molecule has 282 valence electrons. The van der Waals surface area contributed by atoms with Gasteiger partial charge in [-0.05, 0) is 78.5 Å². The number of pyridine rings is 1.